The van der Waals surface area contributed by atoms with Crippen LogP contribution in [0.2, 0.25) is 0 Å². The molecule has 0 saturated heterocycles. The van der Waals surface area contributed by atoms with Crippen molar-refractivity contribution in [3.8, 4) is 5.75 Å². The summed E-state index contributed by atoms with van der Waals surface area (Å²) in [7, 11) is 0. The molecule has 0 aromatic carbocycles. The highest BCUT2D eigenvalue weighted by Crippen LogP contribution is 2.14. The van der Waals surface area contributed by atoms with E-state index in [1.54, 1.807) is 0 Å². The van der Waals surface area contributed by atoms with Crippen LogP contribution in [0.4, 0.5) is 0 Å². The van der Waals surface area contributed by atoms with E-state index in [1.807, 2.05) is 0 Å². The fourth-order valence-corrected chi connectivity index (χ4v) is 0.815. The van der Waals surface area contributed by atoms with Gasteiger partial charge in [-0.3, -0.25) is 4.79 Å². The lowest BCUT2D eigenvalue weighted by atomic mass is 10.2. The van der Waals surface area contributed by atoms with Gasteiger partial charge in [-0.1, -0.05) is 0 Å². The van der Waals surface area contributed by atoms with Crippen LogP contribution in [-0.4, -0.2) is 16.4 Å². The molecule has 0 bridgehead atoms. The fourth-order valence-electron chi connectivity index (χ4n) is 0.669. The molecule has 1 rings (SSSR count). The Morgan fingerprint density at radius 3 is 2.91 bits per heavy atom. The van der Waals surface area contributed by atoms with E-state index >= 15 is 0 Å². The van der Waals surface area contributed by atoms with Gasteiger partial charge in [-0.25, -0.2) is 4.98 Å². The van der Waals surface area contributed by atoms with Gasteiger partial charge in [-0.2, -0.15) is 0 Å². The van der Waals surface area contributed by atoms with Gasteiger partial charge < -0.3 is 5.11 Å². The van der Waals surface area contributed by atoms with Gasteiger partial charge in [0.05, 0.1) is 0 Å². The number of aldehydes is 1. The molecule has 0 amide bonds. The predicted octanol–water partition coefficient (Wildman–Crippen LogP) is 1.34. The standard InChI is InChI=1S/C7H6ClNO2/c8-2-5-1-7(11)6(4-10)9-3-5/h1,3-4,11H,2H2. The van der Waals surface area contributed by atoms with Gasteiger partial charge in [0, 0.05) is 12.1 Å². The Morgan fingerprint density at radius 1 is 1.73 bits per heavy atom. The summed E-state index contributed by atoms with van der Waals surface area (Å²) in [5.74, 6) is 0.151. The summed E-state index contributed by atoms with van der Waals surface area (Å²) in [6.07, 6.45) is 1.95. The summed E-state index contributed by atoms with van der Waals surface area (Å²) in [4.78, 5) is 13.8. The molecular weight excluding hydrogens is 166 g/mol. The smallest absolute Gasteiger partial charge is 0.172 e. The molecule has 1 heterocycles. The summed E-state index contributed by atoms with van der Waals surface area (Å²) in [6.45, 7) is 0. The lowest BCUT2D eigenvalue weighted by Crippen LogP contribution is -1.89. The highest BCUT2D eigenvalue weighted by Gasteiger charge is 2.01. The molecule has 1 N–H and O–H groups in total. The number of halogens is 1. The molecule has 0 saturated carbocycles. The zero-order chi connectivity index (χ0) is 8.27. The molecule has 0 atom stereocenters. The highest BCUT2D eigenvalue weighted by atomic mass is 35.5. The maximum absolute atomic E-state index is 10.2. The number of hydrogen-bond donors (Lipinski definition) is 1. The van der Waals surface area contributed by atoms with Crippen molar-refractivity contribution in [1.82, 2.24) is 4.98 Å². The maximum Gasteiger partial charge on any atom is 0.172 e. The Balaban J connectivity index is 3.09. The van der Waals surface area contributed by atoms with E-state index in [0.29, 0.717) is 11.8 Å². The second-order valence-electron chi connectivity index (χ2n) is 2.00. The average molecular weight is 172 g/mol. The van der Waals surface area contributed by atoms with Gasteiger partial charge in [-0.15, -0.1) is 11.6 Å². The van der Waals surface area contributed by atoms with Crippen LogP contribution < -0.4 is 0 Å². The Bertz CT molecular complexity index is 275. The van der Waals surface area contributed by atoms with E-state index in [1.165, 1.54) is 12.3 Å². The Hall–Kier alpha value is -1.09. The molecule has 1 aromatic rings. The summed E-state index contributed by atoms with van der Waals surface area (Å²) in [5, 5.41) is 9.07. The quantitative estimate of drug-likeness (QED) is 0.540. The maximum atomic E-state index is 10.2. The molecule has 0 fully saturated rings. The zero-order valence-corrected chi connectivity index (χ0v) is 6.38. The van der Waals surface area contributed by atoms with Crippen molar-refractivity contribution in [2.75, 3.05) is 0 Å². The third kappa shape index (κ3) is 1.68. The molecule has 3 nitrogen and oxygen atoms in total. The van der Waals surface area contributed by atoms with Crippen LogP contribution in [0.3, 0.4) is 0 Å². The van der Waals surface area contributed by atoms with E-state index < -0.39 is 0 Å². The van der Waals surface area contributed by atoms with Gasteiger partial charge >= 0.3 is 0 Å². The molecule has 4 heteroatoms. The average Bonchev–Trinajstić information content (AvgIpc) is 2.04. The van der Waals surface area contributed by atoms with Gasteiger partial charge in [0.1, 0.15) is 11.4 Å². The first kappa shape index (κ1) is 8.01. The van der Waals surface area contributed by atoms with Crippen LogP contribution in [0.25, 0.3) is 0 Å². The Labute approximate surface area is 68.6 Å². The van der Waals surface area contributed by atoms with Gasteiger partial charge in [0.2, 0.25) is 0 Å². The first-order valence-corrected chi connectivity index (χ1v) is 3.50. The predicted molar refractivity (Wildman–Crippen MR) is 40.8 cm³/mol. The van der Waals surface area contributed by atoms with E-state index in [4.69, 9.17) is 16.7 Å². The molecule has 0 unspecified atom stereocenters. The number of carbonyl (C=O) groups is 1. The van der Waals surface area contributed by atoms with E-state index in [-0.39, 0.29) is 17.3 Å². The van der Waals surface area contributed by atoms with Crippen molar-refractivity contribution >= 4 is 17.9 Å². The minimum atomic E-state index is -0.127. The van der Waals surface area contributed by atoms with Gasteiger partial charge in [-0.05, 0) is 11.6 Å². The summed E-state index contributed by atoms with van der Waals surface area (Å²) >= 11 is 5.45. The number of nitrogens with zero attached hydrogens (tertiary/aromatic N) is 1. The summed E-state index contributed by atoms with van der Waals surface area (Å²) in [6, 6.07) is 1.42. The minimum absolute atomic E-state index is 0.0406. The van der Waals surface area contributed by atoms with Crippen molar-refractivity contribution in [2.24, 2.45) is 0 Å². The third-order valence-corrected chi connectivity index (χ3v) is 1.53. The number of hydrogen-bond acceptors (Lipinski definition) is 3. The molecule has 11 heavy (non-hydrogen) atoms. The monoisotopic (exact) mass is 171 g/mol. The summed E-state index contributed by atoms with van der Waals surface area (Å²) in [5.41, 5.74) is 0.730. The first-order valence-electron chi connectivity index (χ1n) is 2.97. The zero-order valence-electron chi connectivity index (χ0n) is 5.62. The number of aromatic hydroxyl groups is 1. The SMILES string of the molecule is O=Cc1ncc(CCl)cc1O. The number of aromatic nitrogens is 1. The Morgan fingerprint density at radius 2 is 2.45 bits per heavy atom. The van der Waals surface area contributed by atoms with E-state index in [2.05, 4.69) is 4.98 Å². The van der Waals surface area contributed by atoms with Crippen LogP contribution in [-0.2, 0) is 5.88 Å². The number of pyridine rings is 1. The van der Waals surface area contributed by atoms with Gasteiger partial charge in [0.25, 0.3) is 0 Å². The number of alkyl halides is 1. The minimum Gasteiger partial charge on any atom is -0.506 e. The van der Waals surface area contributed by atoms with Gasteiger partial charge in [0.15, 0.2) is 6.29 Å². The van der Waals surface area contributed by atoms with Crippen LogP contribution in [0.5, 0.6) is 5.75 Å². The molecule has 58 valence electrons. The third-order valence-electron chi connectivity index (χ3n) is 1.22. The fraction of sp³-hybridized carbons (Fsp3) is 0.143. The van der Waals surface area contributed by atoms with Crippen LogP contribution in [0, 0.1) is 0 Å². The van der Waals surface area contributed by atoms with Crippen molar-refractivity contribution in [3.63, 3.8) is 0 Å². The van der Waals surface area contributed by atoms with Crippen molar-refractivity contribution in [1.29, 1.82) is 0 Å². The molecule has 1 aromatic heterocycles. The molecule has 0 spiro atoms. The number of rotatable bonds is 2. The van der Waals surface area contributed by atoms with Crippen LogP contribution in [0.15, 0.2) is 12.3 Å². The summed E-state index contributed by atoms with van der Waals surface area (Å²) < 4.78 is 0. The topological polar surface area (TPSA) is 50.2 Å². The second kappa shape index (κ2) is 3.34. The van der Waals surface area contributed by atoms with E-state index in [9.17, 15) is 4.79 Å². The first-order chi connectivity index (χ1) is 5.27. The van der Waals surface area contributed by atoms with Crippen LogP contribution >= 0.6 is 11.6 Å². The number of carbonyl (C=O) groups excluding carboxylic acids is 1. The Kier molecular flexibility index (Phi) is 2.44. The molecule has 0 aliphatic rings. The van der Waals surface area contributed by atoms with E-state index in [0.717, 1.165) is 0 Å². The normalized spacial score (nSPS) is 9.55. The van der Waals surface area contributed by atoms with Crippen molar-refractivity contribution in [3.05, 3.63) is 23.5 Å². The molecule has 0 aliphatic heterocycles. The van der Waals surface area contributed by atoms with Crippen LogP contribution in [0.1, 0.15) is 16.1 Å². The van der Waals surface area contributed by atoms with Crippen molar-refractivity contribution in [2.45, 2.75) is 5.88 Å². The lowest BCUT2D eigenvalue weighted by Gasteiger charge is -1.97. The molecular formula is C7H6ClNO2. The molecule has 0 radical (unpaired) electrons. The molecule has 0 aliphatic carbocycles. The largest absolute Gasteiger partial charge is 0.506 e. The highest BCUT2D eigenvalue weighted by molar-refractivity contribution is 6.17. The second-order valence-corrected chi connectivity index (χ2v) is 2.27. The van der Waals surface area contributed by atoms with Crippen molar-refractivity contribution < 1.29 is 9.90 Å². The lowest BCUT2D eigenvalue weighted by molar-refractivity contribution is 0.111.